The summed E-state index contributed by atoms with van der Waals surface area (Å²) >= 11 is 1.27. The van der Waals surface area contributed by atoms with Crippen molar-refractivity contribution in [2.45, 2.75) is 13.1 Å². The topological polar surface area (TPSA) is 42.4 Å². The van der Waals surface area contributed by atoms with Gasteiger partial charge in [-0.1, -0.05) is 72.0 Å². The van der Waals surface area contributed by atoms with Gasteiger partial charge in [-0.05, 0) is 11.1 Å². The molecular weight excluding hydrogens is 320 g/mol. The molecule has 1 heterocycles. The lowest BCUT2D eigenvalue weighted by Gasteiger charge is -2.23. The number of carbonyl (C=O) groups excluding carboxylic acids is 1. The van der Waals surface area contributed by atoms with Gasteiger partial charge >= 0.3 is 0 Å². The van der Waals surface area contributed by atoms with Crippen LogP contribution in [0.5, 0.6) is 5.19 Å². The van der Waals surface area contributed by atoms with Crippen LogP contribution in [0.15, 0.2) is 60.7 Å². The number of carbonyl (C=O) groups is 1. The van der Waals surface area contributed by atoms with Crippen molar-refractivity contribution in [3.63, 3.8) is 0 Å². The first-order chi connectivity index (χ1) is 11.8. The Balaban J connectivity index is 1.94. The van der Waals surface area contributed by atoms with Crippen molar-refractivity contribution in [1.82, 2.24) is 4.98 Å². The highest BCUT2D eigenvalue weighted by Gasteiger charge is 2.18. The largest absolute Gasteiger partial charge is 0.473 e. The molecule has 0 fully saturated rings. The number of hydrogen-bond donors (Lipinski definition) is 0. The third-order valence-corrected chi connectivity index (χ3v) is 4.56. The smallest absolute Gasteiger partial charge is 0.275 e. The average Bonchev–Trinajstić information content (AvgIpc) is 3.06. The van der Waals surface area contributed by atoms with E-state index in [0.717, 1.165) is 17.4 Å². The van der Waals surface area contributed by atoms with Crippen LogP contribution in [0.3, 0.4) is 0 Å². The molecular formula is C19H18N2O2S. The fraction of sp³-hybridized carbons (Fsp3) is 0.158. The van der Waals surface area contributed by atoms with Crippen LogP contribution in [0.4, 0.5) is 5.82 Å². The molecule has 0 bridgehead atoms. The van der Waals surface area contributed by atoms with Crippen molar-refractivity contribution in [2.24, 2.45) is 0 Å². The number of ether oxygens (including phenoxy) is 1. The SMILES string of the molecule is COc1nc(N(Cc2ccccc2)Cc2ccccc2)c(C=O)s1. The van der Waals surface area contributed by atoms with E-state index < -0.39 is 0 Å². The van der Waals surface area contributed by atoms with Crippen LogP contribution in [-0.4, -0.2) is 18.4 Å². The molecule has 3 aromatic rings. The molecule has 0 amide bonds. The van der Waals surface area contributed by atoms with E-state index in [1.54, 1.807) is 7.11 Å². The van der Waals surface area contributed by atoms with Gasteiger partial charge in [0.2, 0.25) is 0 Å². The molecule has 0 saturated carbocycles. The van der Waals surface area contributed by atoms with E-state index in [9.17, 15) is 4.79 Å². The van der Waals surface area contributed by atoms with E-state index in [4.69, 9.17) is 4.74 Å². The second kappa shape index (κ2) is 7.75. The van der Waals surface area contributed by atoms with Crippen LogP contribution >= 0.6 is 11.3 Å². The van der Waals surface area contributed by atoms with Gasteiger partial charge in [-0.25, -0.2) is 0 Å². The van der Waals surface area contributed by atoms with E-state index in [-0.39, 0.29) is 0 Å². The van der Waals surface area contributed by atoms with Gasteiger partial charge in [0.05, 0.1) is 7.11 Å². The molecule has 0 unspecified atom stereocenters. The number of rotatable bonds is 7. The molecule has 24 heavy (non-hydrogen) atoms. The lowest BCUT2D eigenvalue weighted by atomic mass is 10.1. The summed E-state index contributed by atoms with van der Waals surface area (Å²) in [6.07, 6.45) is 0.846. The van der Waals surface area contributed by atoms with Crippen molar-refractivity contribution in [2.75, 3.05) is 12.0 Å². The Bertz CT molecular complexity index is 746. The standard InChI is InChI=1S/C19H18N2O2S/c1-23-19-20-18(17(14-22)24-19)21(12-15-8-4-2-5-9-15)13-16-10-6-3-7-11-16/h2-11,14H,12-13H2,1H3. The predicted molar refractivity (Wildman–Crippen MR) is 96.8 cm³/mol. The summed E-state index contributed by atoms with van der Waals surface area (Å²) in [6, 6.07) is 20.3. The molecule has 0 aliphatic carbocycles. The number of hydrogen-bond acceptors (Lipinski definition) is 5. The van der Waals surface area contributed by atoms with E-state index in [1.165, 1.54) is 11.3 Å². The zero-order chi connectivity index (χ0) is 16.8. The van der Waals surface area contributed by atoms with Crippen molar-refractivity contribution in [1.29, 1.82) is 0 Å². The van der Waals surface area contributed by atoms with E-state index in [2.05, 4.69) is 34.1 Å². The first-order valence-electron chi connectivity index (χ1n) is 7.63. The molecule has 0 radical (unpaired) electrons. The molecule has 4 nitrogen and oxygen atoms in total. The van der Waals surface area contributed by atoms with Gasteiger partial charge < -0.3 is 9.64 Å². The highest BCUT2D eigenvalue weighted by Crippen LogP contribution is 2.31. The molecule has 0 aliphatic heterocycles. The summed E-state index contributed by atoms with van der Waals surface area (Å²) in [4.78, 5) is 18.6. The number of thiazole rings is 1. The van der Waals surface area contributed by atoms with E-state index in [0.29, 0.717) is 29.0 Å². The van der Waals surface area contributed by atoms with E-state index in [1.807, 2.05) is 36.4 Å². The second-order valence-corrected chi connectivity index (χ2v) is 6.31. The Morgan fingerprint density at radius 2 is 1.54 bits per heavy atom. The number of aromatic nitrogens is 1. The van der Waals surface area contributed by atoms with Crippen LogP contribution in [0.2, 0.25) is 0 Å². The molecule has 0 atom stereocenters. The minimum absolute atomic E-state index is 0.498. The highest BCUT2D eigenvalue weighted by molar-refractivity contribution is 7.15. The van der Waals surface area contributed by atoms with Gasteiger partial charge in [-0.15, -0.1) is 0 Å². The number of aldehydes is 1. The minimum Gasteiger partial charge on any atom is -0.473 e. The quantitative estimate of drug-likeness (QED) is 0.606. The third kappa shape index (κ3) is 3.81. The van der Waals surface area contributed by atoms with Crippen LogP contribution in [-0.2, 0) is 13.1 Å². The number of methoxy groups -OCH3 is 1. The Labute approximate surface area is 145 Å². The number of anilines is 1. The zero-order valence-corrected chi connectivity index (χ0v) is 14.2. The molecule has 2 aromatic carbocycles. The van der Waals surface area contributed by atoms with Crippen molar-refractivity contribution < 1.29 is 9.53 Å². The first-order valence-corrected chi connectivity index (χ1v) is 8.44. The molecule has 0 saturated heterocycles. The molecule has 3 rings (SSSR count). The van der Waals surface area contributed by atoms with Crippen molar-refractivity contribution >= 4 is 23.4 Å². The molecule has 0 N–H and O–H groups in total. The lowest BCUT2D eigenvalue weighted by molar-refractivity contribution is 0.112. The van der Waals surface area contributed by atoms with Gasteiger partial charge in [0, 0.05) is 13.1 Å². The summed E-state index contributed by atoms with van der Waals surface area (Å²) in [7, 11) is 1.57. The normalized spacial score (nSPS) is 10.4. The van der Waals surface area contributed by atoms with Crippen LogP contribution in [0.25, 0.3) is 0 Å². The molecule has 122 valence electrons. The minimum atomic E-state index is 0.498. The Morgan fingerprint density at radius 3 is 2.00 bits per heavy atom. The van der Waals surface area contributed by atoms with Gasteiger partial charge in [0.15, 0.2) is 12.1 Å². The van der Waals surface area contributed by atoms with Gasteiger partial charge in [-0.2, -0.15) is 4.98 Å². The van der Waals surface area contributed by atoms with Crippen LogP contribution in [0, 0.1) is 0 Å². The number of nitrogens with zero attached hydrogens (tertiary/aromatic N) is 2. The second-order valence-electron chi connectivity index (χ2n) is 5.32. The van der Waals surface area contributed by atoms with E-state index >= 15 is 0 Å². The summed E-state index contributed by atoms with van der Waals surface area (Å²) in [5.41, 5.74) is 2.33. The summed E-state index contributed by atoms with van der Waals surface area (Å²) < 4.78 is 5.21. The fourth-order valence-electron chi connectivity index (χ4n) is 2.51. The third-order valence-electron chi connectivity index (χ3n) is 3.63. The molecule has 0 aliphatic rings. The number of benzene rings is 2. The Kier molecular flexibility index (Phi) is 5.23. The molecule has 1 aromatic heterocycles. The monoisotopic (exact) mass is 338 g/mol. The summed E-state index contributed by atoms with van der Waals surface area (Å²) in [6.45, 7) is 1.34. The van der Waals surface area contributed by atoms with Crippen LogP contribution in [0.1, 0.15) is 20.8 Å². The maximum Gasteiger partial charge on any atom is 0.275 e. The summed E-state index contributed by atoms with van der Waals surface area (Å²) in [5.74, 6) is 0.666. The predicted octanol–water partition coefficient (Wildman–Crippen LogP) is 4.17. The lowest BCUT2D eigenvalue weighted by Crippen LogP contribution is -2.23. The first kappa shape index (κ1) is 16.2. The van der Waals surface area contributed by atoms with Gasteiger partial charge in [0.1, 0.15) is 4.88 Å². The van der Waals surface area contributed by atoms with Crippen molar-refractivity contribution in [3.8, 4) is 5.19 Å². The maximum absolute atomic E-state index is 11.5. The fourth-order valence-corrected chi connectivity index (χ4v) is 3.23. The Hall–Kier alpha value is -2.66. The van der Waals surface area contributed by atoms with Gasteiger partial charge in [0.25, 0.3) is 5.19 Å². The van der Waals surface area contributed by atoms with Gasteiger partial charge in [-0.3, -0.25) is 4.79 Å². The summed E-state index contributed by atoms with van der Waals surface area (Å²) in [5, 5.41) is 0.498. The van der Waals surface area contributed by atoms with Crippen molar-refractivity contribution in [3.05, 3.63) is 76.7 Å². The van der Waals surface area contributed by atoms with Crippen LogP contribution < -0.4 is 9.64 Å². The molecule has 0 spiro atoms. The average molecular weight is 338 g/mol. The Morgan fingerprint density at radius 1 is 1.00 bits per heavy atom. The zero-order valence-electron chi connectivity index (χ0n) is 13.4. The maximum atomic E-state index is 11.5. The highest BCUT2D eigenvalue weighted by atomic mass is 32.1. The molecule has 5 heteroatoms.